The third-order valence-corrected chi connectivity index (χ3v) is 2.77. The Bertz CT molecular complexity index is 355. The molecule has 76 valence electrons. The Hall–Kier alpha value is -0.940. The van der Waals surface area contributed by atoms with Crippen LogP contribution in [-0.4, -0.2) is 16.1 Å². The van der Waals surface area contributed by atoms with E-state index in [1.807, 2.05) is 6.92 Å². The molecule has 1 rings (SSSR count). The number of aromatic carboxylic acids is 1. The molecule has 0 spiro atoms. The molecule has 0 aliphatic carbocycles. The molecule has 5 heteroatoms. The lowest BCUT2D eigenvalue weighted by Gasteiger charge is -2.11. The topological polar surface area (TPSA) is 76.2 Å². The maximum atomic E-state index is 10.8. The van der Waals surface area contributed by atoms with Gasteiger partial charge < -0.3 is 10.8 Å². The summed E-state index contributed by atoms with van der Waals surface area (Å²) in [6.45, 7) is 1.92. The van der Waals surface area contributed by atoms with Crippen molar-refractivity contribution in [2.24, 2.45) is 5.73 Å². The van der Waals surface area contributed by atoms with Gasteiger partial charge in [-0.25, -0.2) is 4.79 Å². The van der Waals surface area contributed by atoms with E-state index in [1.54, 1.807) is 0 Å². The molecule has 0 saturated heterocycles. The maximum absolute atomic E-state index is 10.8. The van der Waals surface area contributed by atoms with Gasteiger partial charge >= 0.3 is 5.97 Å². The number of aromatic nitrogens is 1. The molecule has 3 N–H and O–H groups in total. The summed E-state index contributed by atoms with van der Waals surface area (Å²) in [6.07, 6.45) is 2.17. The van der Waals surface area contributed by atoms with Gasteiger partial charge in [0, 0.05) is 12.2 Å². The molecule has 14 heavy (non-hydrogen) atoms. The number of pyridine rings is 1. The number of halogens is 1. The summed E-state index contributed by atoms with van der Waals surface area (Å²) in [6, 6.07) is 1.21. The second kappa shape index (κ2) is 4.52. The largest absolute Gasteiger partial charge is 0.478 e. The molecule has 4 nitrogen and oxygen atoms in total. The van der Waals surface area contributed by atoms with Crippen molar-refractivity contribution in [1.29, 1.82) is 0 Å². The lowest BCUT2D eigenvalue weighted by Crippen LogP contribution is -2.13. The van der Waals surface area contributed by atoms with Crippen LogP contribution in [0, 0.1) is 0 Å². The Morgan fingerprint density at radius 2 is 2.43 bits per heavy atom. The van der Waals surface area contributed by atoms with Crippen LogP contribution in [-0.2, 0) is 0 Å². The summed E-state index contributed by atoms with van der Waals surface area (Å²) >= 11 is 3.20. The van der Waals surface area contributed by atoms with E-state index in [0.29, 0.717) is 16.6 Å². The predicted molar refractivity (Wildman–Crippen MR) is 56.1 cm³/mol. The minimum absolute atomic E-state index is 0.193. The minimum Gasteiger partial charge on any atom is -0.478 e. The van der Waals surface area contributed by atoms with Gasteiger partial charge in [0.15, 0.2) is 0 Å². The Kier molecular flexibility index (Phi) is 3.60. The zero-order chi connectivity index (χ0) is 10.7. The summed E-state index contributed by atoms with van der Waals surface area (Å²) in [5.74, 6) is -0.983. The second-order valence-electron chi connectivity index (χ2n) is 2.88. The number of hydrogen-bond acceptors (Lipinski definition) is 3. The molecule has 0 radical (unpaired) electrons. The summed E-state index contributed by atoms with van der Waals surface area (Å²) < 4.78 is 0.474. The fourth-order valence-corrected chi connectivity index (χ4v) is 1.78. The van der Waals surface area contributed by atoms with Gasteiger partial charge in [0.05, 0.1) is 15.7 Å². The maximum Gasteiger partial charge on any atom is 0.336 e. The van der Waals surface area contributed by atoms with E-state index in [-0.39, 0.29) is 11.6 Å². The van der Waals surface area contributed by atoms with Crippen LogP contribution in [0.1, 0.15) is 35.4 Å². The van der Waals surface area contributed by atoms with E-state index in [9.17, 15) is 4.79 Å². The molecule has 0 aliphatic heterocycles. The number of carboxylic acids is 1. The van der Waals surface area contributed by atoms with Gasteiger partial charge in [-0.2, -0.15) is 0 Å². The van der Waals surface area contributed by atoms with Crippen LogP contribution in [0.15, 0.2) is 16.7 Å². The van der Waals surface area contributed by atoms with Gasteiger partial charge in [0.1, 0.15) is 0 Å². The Labute approximate surface area is 90.3 Å². The highest BCUT2D eigenvalue weighted by molar-refractivity contribution is 9.10. The van der Waals surface area contributed by atoms with Gasteiger partial charge in [-0.15, -0.1) is 0 Å². The van der Waals surface area contributed by atoms with Crippen LogP contribution >= 0.6 is 15.9 Å². The van der Waals surface area contributed by atoms with Crippen molar-refractivity contribution in [2.75, 3.05) is 0 Å². The van der Waals surface area contributed by atoms with Gasteiger partial charge in [-0.3, -0.25) is 4.98 Å². The summed E-state index contributed by atoms with van der Waals surface area (Å²) in [5.41, 5.74) is 6.56. The molecular formula is C9H11BrN2O2. The molecule has 0 saturated carbocycles. The molecule has 0 aliphatic rings. The summed E-state index contributed by atoms with van der Waals surface area (Å²) in [5, 5.41) is 8.85. The van der Waals surface area contributed by atoms with Gasteiger partial charge in [0.25, 0.3) is 0 Å². The number of nitrogens with two attached hydrogens (primary N) is 1. The van der Waals surface area contributed by atoms with Crippen LogP contribution in [0.25, 0.3) is 0 Å². The first-order valence-electron chi connectivity index (χ1n) is 4.21. The molecule has 1 unspecified atom stereocenters. The zero-order valence-electron chi connectivity index (χ0n) is 7.70. The smallest absolute Gasteiger partial charge is 0.336 e. The Morgan fingerprint density at radius 1 is 1.79 bits per heavy atom. The van der Waals surface area contributed by atoms with E-state index >= 15 is 0 Å². The van der Waals surface area contributed by atoms with Crippen molar-refractivity contribution < 1.29 is 9.90 Å². The lowest BCUT2D eigenvalue weighted by molar-refractivity contribution is 0.0695. The molecule has 0 amide bonds. The molecular weight excluding hydrogens is 248 g/mol. The van der Waals surface area contributed by atoms with Gasteiger partial charge in [-0.05, 0) is 28.4 Å². The first kappa shape index (κ1) is 11.1. The standard InChI is InChI=1S/C9H11BrN2O2/c1-2-6(11)8-7(10)5(9(13)14)3-4-12-8/h3-4,6H,2,11H2,1H3,(H,13,14). The first-order valence-corrected chi connectivity index (χ1v) is 5.00. The quantitative estimate of drug-likeness (QED) is 0.869. The molecule has 1 heterocycles. The van der Waals surface area contributed by atoms with Gasteiger partial charge in [0.2, 0.25) is 0 Å². The lowest BCUT2D eigenvalue weighted by atomic mass is 10.1. The molecule has 0 bridgehead atoms. The highest BCUT2D eigenvalue weighted by Gasteiger charge is 2.16. The van der Waals surface area contributed by atoms with Crippen LogP contribution in [0.2, 0.25) is 0 Å². The van der Waals surface area contributed by atoms with Gasteiger partial charge in [-0.1, -0.05) is 6.92 Å². The normalized spacial score (nSPS) is 12.5. The summed E-state index contributed by atoms with van der Waals surface area (Å²) in [7, 11) is 0. The van der Waals surface area contributed by atoms with Crippen molar-refractivity contribution in [3.8, 4) is 0 Å². The van der Waals surface area contributed by atoms with Crippen molar-refractivity contribution in [1.82, 2.24) is 4.98 Å². The van der Waals surface area contributed by atoms with E-state index in [2.05, 4.69) is 20.9 Å². The molecule has 0 aromatic carbocycles. The number of carboxylic acid groups (broad SMARTS) is 1. The highest BCUT2D eigenvalue weighted by atomic mass is 79.9. The van der Waals surface area contributed by atoms with Crippen molar-refractivity contribution in [3.63, 3.8) is 0 Å². The zero-order valence-corrected chi connectivity index (χ0v) is 9.28. The van der Waals surface area contributed by atoms with Crippen molar-refractivity contribution >= 4 is 21.9 Å². The monoisotopic (exact) mass is 258 g/mol. The third-order valence-electron chi connectivity index (χ3n) is 1.94. The first-order chi connectivity index (χ1) is 6.57. The van der Waals surface area contributed by atoms with Crippen LogP contribution in [0.3, 0.4) is 0 Å². The van der Waals surface area contributed by atoms with E-state index in [4.69, 9.17) is 10.8 Å². The molecule has 0 fully saturated rings. The SMILES string of the molecule is CCC(N)c1nccc(C(=O)O)c1Br. The molecule has 1 aromatic heterocycles. The molecule has 1 aromatic rings. The number of rotatable bonds is 3. The fourth-order valence-electron chi connectivity index (χ4n) is 1.08. The second-order valence-corrected chi connectivity index (χ2v) is 3.67. The van der Waals surface area contributed by atoms with Crippen molar-refractivity contribution in [3.05, 3.63) is 28.0 Å². The highest BCUT2D eigenvalue weighted by Crippen LogP contribution is 2.25. The number of hydrogen-bond donors (Lipinski definition) is 2. The average Bonchev–Trinajstić information content (AvgIpc) is 2.16. The van der Waals surface area contributed by atoms with Crippen LogP contribution in [0.4, 0.5) is 0 Å². The van der Waals surface area contributed by atoms with E-state index in [0.717, 1.165) is 0 Å². The summed E-state index contributed by atoms with van der Waals surface area (Å²) in [4.78, 5) is 14.8. The van der Waals surface area contributed by atoms with Crippen LogP contribution < -0.4 is 5.73 Å². The number of carbonyl (C=O) groups is 1. The van der Waals surface area contributed by atoms with E-state index < -0.39 is 5.97 Å². The third kappa shape index (κ3) is 2.10. The average molecular weight is 259 g/mol. The number of nitrogens with zero attached hydrogens (tertiary/aromatic N) is 1. The fraction of sp³-hybridized carbons (Fsp3) is 0.333. The van der Waals surface area contributed by atoms with Crippen molar-refractivity contribution in [2.45, 2.75) is 19.4 Å². The minimum atomic E-state index is -0.983. The predicted octanol–water partition coefficient (Wildman–Crippen LogP) is 1.95. The van der Waals surface area contributed by atoms with Crippen LogP contribution in [0.5, 0.6) is 0 Å². The van der Waals surface area contributed by atoms with E-state index in [1.165, 1.54) is 12.3 Å². The Morgan fingerprint density at radius 3 is 2.93 bits per heavy atom. The molecule has 1 atom stereocenters. The Balaban J connectivity index is 3.20.